The minimum atomic E-state index is -0.166. The highest BCUT2D eigenvalue weighted by molar-refractivity contribution is 5.92. The number of aldehydes is 1. The summed E-state index contributed by atoms with van der Waals surface area (Å²) >= 11 is 0. The molecule has 2 aromatic rings. The Morgan fingerprint density at radius 1 is 1.16 bits per heavy atom. The summed E-state index contributed by atoms with van der Waals surface area (Å²) in [6.07, 6.45) is 0.604. The van der Waals surface area contributed by atoms with Crippen LogP contribution in [-0.4, -0.2) is 23.6 Å². The fourth-order valence-electron chi connectivity index (χ4n) is 1.91. The zero-order valence-corrected chi connectivity index (χ0v) is 10.5. The van der Waals surface area contributed by atoms with E-state index in [0.717, 1.165) is 11.1 Å². The molecule has 0 aliphatic rings. The summed E-state index contributed by atoms with van der Waals surface area (Å²) in [4.78, 5) is 11.2. The van der Waals surface area contributed by atoms with Gasteiger partial charge in [-0.2, -0.15) is 0 Å². The Labute approximate surface area is 110 Å². The molecule has 98 valence electrons. The molecule has 19 heavy (non-hydrogen) atoms. The van der Waals surface area contributed by atoms with E-state index in [1.165, 1.54) is 7.11 Å². The Morgan fingerprint density at radius 2 is 1.84 bits per heavy atom. The van der Waals surface area contributed by atoms with Crippen molar-refractivity contribution in [3.05, 3.63) is 47.5 Å². The quantitative estimate of drug-likeness (QED) is 0.826. The molecule has 0 amide bonds. The summed E-state index contributed by atoms with van der Waals surface area (Å²) in [6.45, 7) is -0.0331. The minimum absolute atomic E-state index is 0.0331. The first-order valence-corrected chi connectivity index (χ1v) is 5.76. The summed E-state index contributed by atoms with van der Waals surface area (Å²) < 4.78 is 4.97. The number of carbonyl (C=O) groups excluding carboxylic acids is 1. The smallest absolute Gasteiger partial charge is 0.169 e. The molecule has 0 saturated carbocycles. The van der Waals surface area contributed by atoms with Crippen LogP contribution < -0.4 is 4.74 Å². The number of benzene rings is 2. The molecule has 0 fully saturated rings. The van der Waals surface area contributed by atoms with Crippen molar-refractivity contribution in [2.75, 3.05) is 7.11 Å². The molecule has 0 atom stereocenters. The lowest BCUT2D eigenvalue weighted by Gasteiger charge is -2.10. The SMILES string of the molecule is COc1ccc(-c2ccc(CO)cc2)c(C=O)c1O. The Balaban J connectivity index is 2.54. The Hall–Kier alpha value is -2.33. The third-order valence-corrected chi connectivity index (χ3v) is 2.97. The molecule has 4 heteroatoms. The summed E-state index contributed by atoms with van der Waals surface area (Å²) in [5.41, 5.74) is 2.39. The number of ether oxygens (including phenoxy) is 1. The highest BCUT2D eigenvalue weighted by atomic mass is 16.5. The van der Waals surface area contributed by atoms with Crippen LogP contribution in [0.2, 0.25) is 0 Å². The van der Waals surface area contributed by atoms with Gasteiger partial charge in [-0.3, -0.25) is 4.79 Å². The van der Waals surface area contributed by atoms with E-state index in [0.29, 0.717) is 11.8 Å². The molecule has 0 unspecified atom stereocenters. The van der Waals surface area contributed by atoms with Gasteiger partial charge in [-0.1, -0.05) is 24.3 Å². The first-order valence-electron chi connectivity index (χ1n) is 5.76. The van der Waals surface area contributed by atoms with Crippen molar-refractivity contribution < 1.29 is 19.7 Å². The molecule has 0 aromatic heterocycles. The number of aliphatic hydroxyl groups excluding tert-OH is 1. The average Bonchev–Trinajstić information content (AvgIpc) is 2.47. The molecule has 0 heterocycles. The van der Waals surface area contributed by atoms with E-state index in [2.05, 4.69) is 0 Å². The third-order valence-electron chi connectivity index (χ3n) is 2.97. The highest BCUT2D eigenvalue weighted by Crippen LogP contribution is 2.36. The van der Waals surface area contributed by atoms with Gasteiger partial charge in [-0.05, 0) is 28.8 Å². The van der Waals surface area contributed by atoms with E-state index in [4.69, 9.17) is 9.84 Å². The molecule has 2 N–H and O–H groups in total. The van der Waals surface area contributed by atoms with Gasteiger partial charge < -0.3 is 14.9 Å². The van der Waals surface area contributed by atoms with Gasteiger partial charge in [-0.25, -0.2) is 0 Å². The minimum Gasteiger partial charge on any atom is -0.504 e. The molecule has 0 bridgehead atoms. The standard InChI is InChI=1S/C15H14O4/c1-19-14-7-6-12(13(9-17)15(14)18)11-4-2-10(8-16)3-5-11/h2-7,9,16,18H,8H2,1H3. The monoisotopic (exact) mass is 258 g/mol. The topological polar surface area (TPSA) is 66.8 Å². The predicted molar refractivity (Wildman–Crippen MR) is 71.4 cm³/mol. The number of methoxy groups -OCH3 is 1. The molecule has 4 nitrogen and oxygen atoms in total. The van der Waals surface area contributed by atoms with Gasteiger partial charge in [0.2, 0.25) is 0 Å². The maximum Gasteiger partial charge on any atom is 0.169 e. The summed E-state index contributed by atoms with van der Waals surface area (Å²) in [5, 5.41) is 18.9. The molecular formula is C15H14O4. The second-order valence-corrected chi connectivity index (χ2v) is 4.05. The first kappa shape index (κ1) is 13.1. The first-order chi connectivity index (χ1) is 9.21. The van der Waals surface area contributed by atoms with Crippen molar-refractivity contribution in [1.29, 1.82) is 0 Å². The summed E-state index contributed by atoms with van der Waals surface area (Å²) in [6, 6.07) is 10.4. The molecule has 0 aliphatic heterocycles. The van der Waals surface area contributed by atoms with Gasteiger partial charge in [0.25, 0.3) is 0 Å². The maximum absolute atomic E-state index is 11.2. The summed E-state index contributed by atoms with van der Waals surface area (Å²) in [7, 11) is 1.43. The van der Waals surface area contributed by atoms with Crippen molar-refractivity contribution in [1.82, 2.24) is 0 Å². The fraction of sp³-hybridized carbons (Fsp3) is 0.133. The largest absolute Gasteiger partial charge is 0.504 e. The highest BCUT2D eigenvalue weighted by Gasteiger charge is 2.13. The molecule has 2 aromatic carbocycles. The number of aromatic hydroxyl groups is 1. The number of hydrogen-bond donors (Lipinski definition) is 2. The van der Waals surface area contributed by atoms with Crippen LogP contribution in [0, 0.1) is 0 Å². The van der Waals surface area contributed by atoms with E-state index >= 15 is 0 Å². The van der Waals surface area contributed by atoms with Crippen LogP contribution in [0.3, 0.4) is 0 Å². The van der Waals surface area contributed by atoms with Gasteiger partial charge in [0, 0.05) is 0 Å². The molecule has 0 aliphatic carbocycles. The number of phenols is 1. The second-order valence-electron chi connectivity index (χ2n) is 4.05. The van der Waals surface area contributed by atoms with Crippen LogP contribution in [0.15, 0.2) is 36.4 Å². The van der Waals surface area contributed by atoms with Crippen molar-refractivity contribution in [3.8, 4) is 22.6 Å². The van der Waals surface area contributed by atoms with Crippen molar-refractivity contribution >= 4 is 6.29 Å². The summed E-state index contributed by atoms with van der Waals surface area (Å²) in [5.74, 6) is 0.0964. The number of phenolic OH excluding ortho intramolecular Hbond substituents is 1. The lowest BCUT2D eigenvalue weighted by molar-refractivity contribution is 0.112. The zero-order chi connectivity index (χ0) is 13.8. The maximum atomic E-state index is 11.2. The number of hydrogen-bond acceptors (Lipinski definition) is 4. The molecule has 0 saturated heterocycles. The Bertz CT molecular complexity index is 588. The van der Waals surface area contributed by atoms with E-state index < -0.39 is 0 Å². The predicted octanol–water partition coefficient (Wildman–Crippen LogP) is 2.37. The van der Waals surface area contributed by atoms with E-state index in [-0.39, 0.29) is 23.7 Å². The second kappa shape index (κ2) is 5.54. The van der Waals surface area contributed by atoms with E-state index in [1.54, 1.807) is 36.4 Å². The Kier molecular flexibility index (Phi) is 3.82. The van der Waals surface area contributed by atoms with E-state index in [9.17, 15) is 9.90 Å². The van der Waals surface area contributed by atoms with Crippen molar-refractivity contribution in [2.45, 2.75) is 6.61 Å². The number of aliphatic hydroxyl groups is 1. The van der Waals surface area contributed by atoms with Gasteiger partial charge in [0.05, 0.1) is 19.3 Å². The van der Waals surface area contributed by atoms with Gasteiger partial charge in [0.1, 0.15) is 0 Å². The van der Waals surface area contributed by atoms with E-state index in [1.807, 2.05) is 0 Å². The third kappa shape index (κ3) is 2.44. The normalized spacial score (nSPS) is 10.2. The van der Waals surface area contributed by atoms with Crippen LogP contribution in [0.25, 0.3) is 11.1 Å². The average molecular weight is 258 g/mol. The molecular weight excluding hydrogens is 244 g/mol. The number of carbonyl (C=O) groups is 1. The van der Waals surface area contributed by atoms with Crippen molar-refractivity contribution in [2.24, 2.45) is 0 Å². The van der Waals surface area contributed by atoms with Crippen LogP contribution in [-0.2, 0) is 6.61 Å². The Morgan fingerprint density at radius 3 is 2.37 bits per heavy atom. The lowest BCUT2D eigenvalue weighted by atomic mass is 9.98. The van der Waals surface area contributed by atoms with Crippen LogP contribution in [0.4, 0.5) is 0 Å². The van der Waals surface area contributed by atoms with Crippen LogP contribution >= 0.6 is 0 Å². The van der Waals surface area contributed by atoms with Gasteiger partial charge in [-0.15, -0.1) is 0 Å². The van der Waals surface area contributed by atoms with Gasteiger partial charge in [0.15, 0.2) is 17.8 Å². The zero-order valence-electron chi connectivity index (χ0n) is 10.5. The molecule has 0 spiro atoms. The lowest BCUT2D eigenvalue weighted by Crippen LogP contribution is -1.93. The molecule has 2 rings (SSSR count). The van der Waals surface area contributed by atoms with Crippen LogP contribution in [0.1, 0.15) is 15.9 Å². The number of rotatable bonds is 4. The molecule has 0 radical (unpaired) electrons. The fourth-order valence-corrected chi connectivity index (χ4v) is 1.91. The van der Waals surface area contributed by atoms with Crippen molar-refractivity contribution in [3.63, 3.8) is 0 Å². The van der Waals surface area contributed by atoms with Crippen LogP contribution in [0.5, 0.6) is 11.5 Å². The van der Waals surface area contributed by atoms with Gasteiger partial charge >= 0.3 is 0 Å².